The molecule has 0 amide bonds. The Balaban J connectivity index is 2.34. The van der Waals surface area contributed by atoms with Gasteiger partial charge in [-0.2, -0.15) is 0 Å². The molecule has 0 aliphatic carbocycles. The van der Waals surface area contributed by atoms with Crippen molar-refractivity contribution < 1.29 is 13.5 Å². The van der Waals surface area contributed by atoms with Crippen LogP contribution in [0.3, 0.4) is 0 Å². The Morgan fingerprint density at radius 3 is 2.65 bits per heavy atom. The highest BCUT2D eigenvalue weighted by Gasteiger charge is 2.11. The van der Waals surface area contributed by atoms with E-state index >= 15 is 0 Å². The van der Waals surface area contributed by atoms with E-state index in [1.807, 2.05) is 0 Å². The molecule has 0 bridgehead atoms. The van der Waals surface area contributed by atoms with Gasteiger partial charge in [0.15, 0.2) is 17.4 Å². The Morgan fingerprint density at radius 2 is 1.94 bits per heavy atom. The minimum atomic E-state index is -0.753. The van der Waals surface area contributed by atoms with Gasteiger partial charge in [-0.3, -0.25) is 0 Å². The smallest absolute Gasteiger partial charge is 0.256 e. The molecule has 17 heavy (non-hydrogen) atoms. The minimum Gasteiger partial charge on any atom is -0.433 e. The van der Waals surface area contributed by atoms with Gasteiger partial charge in [-0.1, -0.05) is 27.5 Å². The average Bonchev–Trinajstić information content (AvgIpc) is 2.27. The quantitative estimate of drug-likeness (QED) is 0.809. The van der Waals surface area contributed by atoms with Gasteiger partial charge >= 0.3 is 0 Å². The zero-order chi connectivity index (χ0) is 12.4. The molecule has 0 atom stereocenters. The largest absolute Gasteiger partial charge is 0.433 e. The Hall–Kier alpha value is -1.20. The van der Waals surface area contributed by atoms with Crippen molar-refractivity contribution in [2.24, 2.45) is 0 Å². The Bertz CT molecular complexity index is 565. The first kappa shape index (κ1) is 12.3. The monoisotopic (exact) mass is 319 g/mol. The van der Waals surface area contributed by atoms with Crippen LogP contribution in [0.15, 0.2) is 34.9 Å². The van der Waals surface area contributed by atoms with Crippen LogP contribution in [-0.4, -0.2) is 4.98 Å². The van der Waals surface area contributed by atoms with E-state index in [4.69, 9.17) is 16.3 Å². The van der Waals surface area contributed by atoms with E-state index < -0.39 is 11.6 Å². The minimum absolute atomic E-state index is 0.118. The first-order chi connectivity index (χ1) is 8.06. The lowest BCUT2D eigenvalue weighted by atomic mass is 10.3. The Kier molecular flexibility index (Phi) is 3.59. The van der Waals surface area contributed by atoms with E-state index in [0.29, 0.717) is 4.47 Å². The van der Waals surface area contributed by atoms with E-state index in [1.54, 1.807) is 0 Å². The molecule has 0 saturated carbocycles. The van der Waals surface area contributed by atoms with Crippen LogP contribution in [0.2, 0.25) is 5.02 Å². The molecular weight excluding hydrogens is 315 g/mol. The predicted octanol–water partition coefficient (Wildman–Crippen LogP) is 4.57. The fourth-order valence-corrected chi connectivity index (χ4v) is 1.62. The maximum Gasteiger partial charge on any atom is 0.256 e. The van der Waals surface area contributed by atoms with Crippen LogP contribution in [0.25, 0.3) is 0 Å². The van der Waals surface area contributed by atoms with Crippen LogP contribution in [0.4, 0.5) is 8.78 Å². The molecule has 0 N–H and O–H groups in total. The molecule has 0 spiro atoms. The molecule has 1 aromatic carbocycles. The summed E-state index contributed by atoms with van der Waals surface area (Å²) in [5.41, 5.74) is 0. The molecule has 1 heterocycles. The summed E-state index contributed by atoms with van der Waals surface area (Å²) in [5.74, 6) is -1.80. The molecule has 0 fully saturated rings. The number of hydrogen-bond donors (Lipinski definition) is 0. The summed E-state index contributed by atoms with van der Waals surface area (Å²) in [5, 5.41) is 0.143. The third-order valence-electron chi connectivity index (χ3n) is 1.87. The highest BCUT2D eigenvalue weighted by atomic mass is 79.9. The van der Waals surface area contributed by atoms with Crippen LogP contribution in [0.5, 0.6) is 11.6 Å². The first-order valence-corrected chi connectivity index (χ1v) is 5.67. The lowest BCUT2D eigenvalue weighted by Crippen LogP contribution is -1.94. The van der Waals surface area contributed by atoms with Crippen molar-refractivity contribution in [2.45, 2.75) is 0 Å². The van der Waals surface area contributed by atoms with Gasteiger partial charge in [0, 0.05) is 10.7 Å². The average molecular weight is 321 g/mol. The van der Waals surface area contributed by atoms with Gasteiger partial charge in [0.05, 0.1) is 5.02 Å². The third kappa shape index (κ3) is 2.92. The van der Waals surface area contributed by atoms with Crippen molar-refractivity contribution in [3.63, 3.8) is 0 Å². The van der Waals surface area contributed by atoms with Crippen LogP contribution < -0.4 is 4.74 Å². The van der Waals surface area contributed by atoms with Crippen LogP contribution >= 0.6 is 27.5 Å². The van der Waals surface area contributed by atoms with Crippen LogP contribution in [0, 0.1) is 11.6 Å². The summed E-state index contributed by atoms with van der Waals surface area (Å²) in [4.78, 5) is 3.63. The number of hydrogen-bond acceptors (Lipinski definition) is 2. The Labute approximate surface area is 109 Å². The Morgan fingerprint density at radius 1 is 1.18 bits per heavy atom. The molecule has 0 aliphatic heterocycles. The maximum absolute atomic E-state index is 13.4. The number of pyridine rings is 1. The zero-order valence-electron chi connectivity index (χ0n) is 8.25. The van der Waals surface area contributed by atoms with E-state index in [0.717, 1.165) is 6.07 Å². The second kappa shape index (κ2) is 4.98. The lowest BCUT2D eigenvalue weighted by Gasteiger charge is -2.07. The zero-order valence-corrected chi connectivity index (χ0v) is 10.6. The van der Waals surface area contributed by atoms with Gasteiger partial charge in [0.25, 0.3) is 5.88 Å². The van der Waals surface area contributed by atoms with Crippen LogP contribution in [-0.2, 0) is 0 Å². The topological polar surface area (TPSA) is 22.1 Å². The molecule has 88 valence electrons. The summed E-state index contributed by atoms with van der Waals surface area (Å²) < 4.78 is 32.3. The van der Waals surface area contributed by atoms with Gasteiger partial charge in [-0.25, -0.2) is 13.8 Å². The van der Waals surface area contributed by atoms with E-state index in [1.165, 1.54) is 24.4 Å². The molecule has 6 heteroatoms. The van der Waals surface area contributed by atoms with Gasteiger partial charge in [-0.15, -0.1) is 0 Å². The van der Waals surface area contributed by atoms with Crippen molar-refractivity contribution in [3.8, 4) is 11.6 Å². The summed E-state index contributed by atoms with van der Waals surface area (Å²) in [6.45, 7) is 0. The molecule has 2 nitrogen and oxygen atoms in total. The van der Waals surface area contributed by atoms with Crippen molar-refractivity contribution in [2.75, 3.05) is 0 Å². The molecular formula is C11H5BrClF2NO. The summed E-state index contributed by atoms with van der Waals surface area (Å²) in [6.07, 6.45) is 1.22. The fraction of sp³-hybridized carbons (Fsp3) is 0. The van der Waals surface area contributed by atoms with Crippen molar-refractivity contribution in [1.82, 2.24) is 4.98 Å². The highest BCUT2D eigenvalue weighted by Crippen LogP contribution is 2.28. The highest BCUT2D eigenvalue weighted by molar-refractivity contribution is 9.10. The van der Waals surface area contributed by atoms with E-state index in [2.05, 4.69) is 20.9 Å². The summed E-state index contributed by atoms with van der Waals surface area (Å²) in [7, 11) is 0. The van der Waals surface area contributed by atoms with Gasteiger partial charge in [-0.05, 0) is 24.3 Å². The maximum atomic E-state index is 13.4. The van der Waals surface area contributed by atoms with E-state index in [-0.39, 0.29) is 16.7 Å². The molecule has 2 aromatic rings. The van der Waals surface area contributed by atoms with Gasteiger partial charge in [0.1, 0.15) is 0 Å². The molecule has 0 aliphatic rings. The molecule has 0 saturated heterocycles. The predicted molar refractivity (Wildman–Crippen MR) is 63.4 cm³/mol. The van der Waals surface area contributed by atoms with Crippen LogP contribution in [0.1, 0.15) is 0 Å². The second-order valence-electron chi connectivity index (χ2n) is 3.12. The third-order valence-corrected chi connectivity index (χ3v) is 2.57. The first-order valence-electron chi connectivity index (χ1n) is 4.50. The SMILES string of the molecule is Fc1ccc(Br)cc1Oc1ncc(Cl)cc1F. The lowest BCUT2D eigenvalue weighted by molar-refractivity contribution is 0.398. The van der Waals surface area contributed by atoms with Gasteiger partial charge < -0.3 is 4.74 Å². The molecule has 2 rings (SSSR count). The van der Waals surface area contributed by atoms with Crippen molar-refractivity contribution in [1.29, 1.82) is 0 Å². The summed E-state index contributed by atoms with van der Waals surface area (Å²) in [6, 6.07) is 5.13. The second-order valence-corrected chi connectivity index (χ2v) is 4.47. The van der Waals surface area contributed by atoms with Crippen molar-refractivity contribution >= 4 is 27.5 Å². The number of halogens is 4. The number of ether oxygens (including phenoxy) is 1. The van der Waals surface area contributed by atoms with Crippen molar-refractivity contribution in [3.05, 3.63) is 51.6 Å². The normalized spacial score (nSPS) is 10.4. The number of aromatic nitrogens is 1. The number of nitrogens with zero attached hydrogens (tertiary/aromatic N) is 1. The number of rotatable bonds is 2. The molecule has 0 radical (unpaired) electrons. The standard InChI is InChI=1S/C11H5BrClF2NO/c12-6-1-2-8(14)10(3-6)17-11-9(15)4-7(13)5-16-11/h1-5H. The number of benzene rings is 1. The molecule has 0 unspecified atom stereocenters. The van der Waals surface area contributed by atoms with Gasteiger partial charge in [0.2, 0.25) is 0 Å². The fourth-order valence-electron chi connectivity index (χ4n) is 1.14. The van der Waals surface area contributed by atoms with E-state index in [9.17, 15) is 8.78 Å². The molecule has 1 aromatic heterocycles. The summed E-state index contributed by atoms with van der Waals surface area (Å²) >= 11 is 8.69.